The van der Waals surface area contributed by atoms with Gasteiger partial charge in [-0.25, -0.2) is 4.39 Å². The van der Waals surface area contributed by atoms with Crippen molar-refractivity contribution in [3.63, 3.8) is 0 Å². The number of nitrogens with one attached hydrogen (secondary N) is 1. The van der Waals surface area contributed by atoms with Crippen LogP contribution in [0, 0.1) is 5.82 Å². The molecule has 0 amide bonds. The van der Waals surface area contributed by atoms with Crippen LogP contribution in [0.5, 0.6) is 0 Å². The average molecular weight is 316 g/mol. The van der Waals surface area contributed by atoms with Crippen molar-refractivity contribution < 1.29 is 9.13 Å². The minimum atomic E-state index is -0.157. The molecule has 18 heavy (non-hydrogen) atoms. The molecule has 1 fully saturated rings. The van der Waals surface area contributed by atoms with E-state index in [2.05, 4.69) is 28.2 Å². The molecule has 0 spiro atoms. The number of benzene rings is 1. The van der Waals surface area contributed by atoms with Gasteiger partial charge in [0.25, 0.3) is 0 Å². The number of halogens is 2. The topological polar surface area (TPSA) is 21.3 Å². The lowest BCUT2D eigenvalue weighted by atomic mass is 9.99. The van der Waals surface area contributed by atoms with Gasteiger partial charge in [0.2, 0.25) is 0 Å². The van der Waals surface area contributed by atoms with Crippen LogP contribution in [-0.2, 0) is 11.2 Å². The second-order valence-corrected chi connectivity index (χ2v) is 5.81. The van der Waals surface area contributed by atoms with E-state index in [0.717, 1.165) is 22.9 Å². The lowest BCUT2D eigenvalue weighted by Gasteiger charge is -2.23. The summed E-state index contributed by atoms with van der Waals surface area (Å²) in [4.78, 5) is 0. The smallest absolute Gasteiger partial charge is 0.127 e. The SMILES string of the molecule is CNC(Cc1ccc(Br)cc1F)C1CCC(C)O1. The molecule has 0 radical (unpaired) electrons. The summed E-state index contributed by atoms with van der Waals surface area (Å²) in [6, 6.07) is 5.40. The van der Waals surface area contributed by atoms with E-state index in [-0.39, 0.29) is 18.0 Å². The normalized spacial score (nSPS) is 25.3. The molecule has 3 atom stereocenters. The minimum Gasteiger partial charge on any atom is -0.374 e. The monoisotopic (exact) mass is 315 g/mol. The van der Waals surface area contributed by atoms with Gasteiger partial charge in [-0.2, -0.15) is 0 Å². The maximum Gasteiger partial charge on any atom is 0.127 e. The van der Waals surface area contributed by atoms with Gasteiger partial charge in [-0.05, 0) is 50.9 Å². The Kier molecular flexibility index (Phi) is 4.76. The van der Waals surface area contributed by atoms with Crippen LogP contribution in [0.4, 0.5) is 4.39 Å². The lowest BCUT2D eigenvalue weighted by Crippen LogP contribution is -2.39. The zero-order chi connectivity index (χ0) is 13.1. The first kappa shape index (κ1) is 14.0. The molecule has 0 saturated carbocycles. The van der Waals surface area contributed by atoms with Crippen LogP contribution >= 0.6 is 15.9 Å². The summed E-state index contributed by atoms with van der Waals surface area (Å²) in [6.07, 6.45) is 3.30. The summed E-state index contributed by atoms with van der Waals surface area (Å²) >= 11 is 3.27. The van der Waals surface area contributed by atoms with E-state index in [1.54, 1.807) is 0 Å². The van der Waals surface area contributed by atoms with Gasteiger partial charge in [-0.15, -0.1) is 0 Å². The fourth-order valence-electron chi connectivity index (χ4n) is 2.47. The van der Waals surface area contributed by atoms with E-state index in [0.29, 0.717) is 12.5 Å². The number of rotatable bonds is 4. The molecule has 100 valence electrons. The Hall–Kier alpha value is -0.450. The maximum atomic E-state index is 13.8. The first-order valence-corrected chi connectivity index (χ1v) is 7.16. The van der Waals surface area contributed by atoms with Crippen LogP contribution < -0.4 is 5.32 Å². The number of hydrogen-bond donors (Lipinski definition) is 1. The van der Waals surface area contributed by atoms with E-state index in [4.69, 9.17) is 4.74 Å². The third kappa shape index (κ3) is 3.31. The number of ether oxygens (including phenoxy) is 1. The van der Waals surface area contributed by atoms with Crippen molar-refractivity contribution in [2.75, 3.05) is 7.05 Å². The molecule has 1 aromatic rings. The van der Waals surface area contributed by atoms with Crippen molar-refractivity contribution in [1.82, 2.24) is 5.32 Å². The molecule has 1 heterocycles. The van der Waals surface area contributed by atoms with E-state index in [1.165, 1.54) is 6.07 Å². The highest BCUT2D eigenvalue weighted by atomic mass is 79.9. The van der Waals surface area contributed by atoms with E-state index in [1.807, 2.05) is 19.2 Å². The van der Waals surface area contributed by atoms with Gasteiger partial charge in [0.05, 0.1) is 12.2 Å². The van der Waals surface area contributed by atoms with Gasteiger partial charge >= 0.3 is 0 Å². The van der Waals surface area contributed by atoms with Gasteiger partial charge in [0.15, 0.2) is 0 Å². The Morgan fingerprint density at radius 1 is 1.50 bits per heavy atom. The maximum absolute atomic E-state index is 13.8. The molecule has 1 saturated heterocycles. The van der Waals surface area contributed by atoms with Gasteiger partial charge in [0, 0.05) is 10.5 Å². The zero-order valence-corrected chi connectivity index (χ0v) is 12.3. The Balaban J connectivity index is 2.05. The zero-order valence-electron chi connectivity index (χ0n) is 10.7. The summed E-state index contributed by atoms with van der Waals surface area (Å²) in [5.74, 6) is -0.157. The first-order valence-electron chi connectivity index (χ1n) is 6.37. The molecule has 1 aromatic carbocycles. The molecular weight excluding hydrogens is 297 g/mol. The van der Waals surface area contributed by atoms with Crippen LogP contribution in [0.3, 0.4) is 0 Å². The summed E-state index contributed by atoms with van der Waals surface area (Å²) in [5.41, 5.74) is 0.737. The highest BCUT2D eigenvalue weighted by Gasteiger charge is 2.29. The van der Waals surface area contributed by atoms with Crippen molar-refractivity contribution >= 4 is 15.9 Å². The van der Waals surface area contributed by atoms with Crippen molar-refractivity contribution in [3.05, 3.63) is 34.1 Å². The largest absolute Gasteiger partial charge is 0.374 e. The van der Waals surface area contributed by atoms with Gasteiger partial charge < -0.3 is 10.1 Å². The van der Waals surface area contributed by atoms with Crippen molar-refractivity contribution in [1.29, 1.82) is 0 Å². The predicted octanol–water partition coefficient (Wildman–Crippen LogP) is 3.29. The molecule has 0 bridgehead atoms. The molecule has 1 N–H and O–H groups in total. The summed E-state index contributed by atoms with van der Waals surface area (Å²) in [7, 11) is 1.91. The molecule has 1 aliphatic heterocycles. The van der Waals surface area contributed by atoms with Crippen LogP contribution in [0.15, 0.2) is 22.7 Å². The second-order valence-electron chi connectivity index (χ2n) is 4.90. The van der Waals surface area contributed by atoms with E-state index < -0.39 is 0 Å². The second kappa shape index (κ2) is 6.13. The first-order chi connectivity index (χ1) is 8.60. The average Bonchev–Trinajstić information content (AvgIpc) is 2.75. The highest BCUT2D eigenvalue weighted by Crippen LogP contribution is 2.24. The molecule has 3 unspecified atom stereocenters. The lowest BCUT2D eigenvalue weighted by molar-refractivity contribution is 0.0336. The van der Waals surface area contributed by atoms with E-state index in [9.17, 15) is 4.39 Å². The third-order valence-electron chi connectivity index (χ3n) is 3.54. The summed E-state index contributed by atoms with van der Waals surface area (Å²) in [5, 5.41) is 3.25. The predicted molar refractivity (Wildman–Crippen MR) is 74.2 cm³/mol. The molecular formula is C14H19BrFNO. The highest BCUT2D eigenvalue weighted by molar-refractivity contribution is 9.10. The Bertz CT molecular complexity index is 413. The van der Waals surface area contributed by atoms with Gasteiger partial charge in [0.1, 0.15) is 5.82 Å². The number of likely N-dealkylation sites (N-methyl/N-ethyl adjacent to an activating group) is 1. The van der Waals surface area contributed by atoms with Crippen LogP contribution in [0.25, 0.3) is 0 Å². The fourth-order valence-corrected chi connectivity index (χ4v) is 2.81. The molecule has 0 aliphatic carbocycles. The Morgan fingerprint density at radius 2 is 2.28 bits per heavy atom. The molecule has 2 nitrogen and oxygen atoms in total. The third-order valence-corrected chi connectivity index (χ3v) is 4.03. The Morgan fingerprint density at radius 3 is 2.83 bits per heavy atom. The standard InChI is InChI=1S/C14H19BrFNO/c1-9-3-6-14(18-9)13(17-2)7-10-4-5-11(15)8-12(10)16/h4-5,8-9,13-14,17H,3,6-7H2,1-2H3. The number of hydrogen-bond acceptors (Lipinski definition) is 2. The van der Waals surface area contributed by atoms with Crippen LogP contribution in [0.2, 0.25) is 0 Å². The van der Waals surface area contributed by atoms with Crippen LogP contribution in [-0.4, -0.2) is 25.3 Å². The molecule has 2 rings (SSSR count). The van der Waals surface area contributed by atoms with Crippen molar-refractivity contribution in [3.8, 4) is 0 Å². The van der Waals surface area contributed by atoms with Crippen molar-refractivity contribution in [2.24, 2.45) is 0 Å². The minimum absolute atomic E-state index is 0.157. The van der Waals surface area contributed by atoms with E-state index >= 15 is 0 Å². The van der Waals surface area contributed by atoms with Crippen molar-refractivity contribution in [2.45, 2.75) is 44.4 Å². The van der Waals surface area contributed by atoms with Gasteiger partial charge in [-0.1, -0.05) is 22.0 Å². The quantitative estimate of drug-likeness (QED) is 0.920. The van der Waals surface area contributed by atoms with Crippen LogP contribution in [0.1, 0.15) is 25.3 Å². The summed E-state index contributed by atoms with van der Waals surface area (Å²) in [6.45, 7) is 2.09. The Labute approximate surface area is 116 Å². The van der Waals surface area contributed by atoms with Gasteiger partial charge in [-0.3, -0.25) is 0 Å². The molecule has 4 heteroatoms. The molecule has 1 aliphatic rings. The fraction of sp³-hybridized carbons (Fsp3) is 0.571. The molecule has 0 aromatic heterocycles. The summed E-state index contributed by atoms with van der Waals surface area (Å²) < 4.78 is 20.4.